The smallest absolute Gasteiger partial charge is 0.242 e. The Bertz CT molecular complexity index is 482. The van der Waals surface area contributed by atoms with Gasteiger partial charge >= 0.3 is 0 Å². The predicted molar refractivity (Wildman–Crippen MR) is 76.0 cm³/mol. The fraction of sp³-hybridized carbons (Fsp3) is 0.429. The molecule has 0 aliphatic rings. The second-order valence-corrected chi connectivity index (χ2v) is 6.00. The van der Waals surface area contributed by atoms with Crippen LogP contribution in [0.2, 0.25) is 0 Å². The van der Waals surface area contributed by atoms with Gasteiger partial charge in [0.05, 0.1) is 6.07 Å². The number of benzene rings is 1. The van der Waals surface area contributed by atoms with E-state index < -0.39 is 16.7 Å². The van der Waals surface area contributed by atoms with Crippen LogP contribution in [0.1, 0.15) is 24.8 Å². The van der Waals surface area contributed by atoms with Gasteiger partial charge < -0.3 is 5.32 Å². The Labute approximate surface area is 116 Å². The first-order valence-corrected chi connectivity index (χ1v) is 7.82. The minimum Gasteiger partial charge on any atom is -0.352 e. The summed E-state index contributed by atoms with van der Waals surface area (Å²) < 4.78 is 11.0. The van der Waals surface area contributed by atoms with E-state index in [0.29, 0.717) is 17.7 Å². The third kappa shape index (κ3) is 5.23. The minimum absolute atomic E-state index is 0.0871. The summed E-state index contributed by atoms with van der Waals surface area (Å²) in [5, 5.41) is 11.9. The Kier molecular flexibility index (Phi) is 6.23. The Hall–Kier alpha value is -1.67. The highest BCUT2D eigenvalue weighted by Crippen LogP contribution is 2.14. The average molecular weight is 278 g/mol. The molecule has 0 heterocycles. The minimum atomic E-state index is -0.866. The maximum atomic E-state index is 12.0. The van der Waals surface area contributed by atoms with Crippen molar-refractivity contribution in [1.82, 2.24) is 5.32 Å². The molecule has 102 valence electrons. The molecule has 1 N–H and O–H groups in total. The lowest BCUT2D eigenvalue weighted by Crippen LogP contribution is -2.36. The van der Waals surface area contributed by atoms with E-state index in [1.807, 2.05) is 19.1 Å². The van der Waals surface area contributed by atoms with Crippen molar-refractivity contribution < 1.29 is 9.00 Å². The molecule has 0 bridgehead atoms. The molecule has 1 amide bonds. The molecule has 0 aromatic heterocycles. The molecule has 19 heavy (non-hydrogen) atoms. The van der Waals surface area contributed by atoms with Crippen LogP contribution < -0.4 is 5.32 Å². The van der Waals surface area contributed by atoms with Crippen LogP contribution in [0, 0.1) is 11.3 Å². The molecule has 0 fully saturated rings. The maximum absolute atomic E-state index is 12.0. The number of amides is 1. The van der Waals surface area contributed by atoms with Crippen LogP contribution in [-0.4, -0.2) is 28.2 Å². The summed E-state index contributed by atoms with van der Waals surface area (Å²) >= 11 is 0. The van der Waals surface area contributed by atoms with Gasteiger partial charge in [0.25, 0.3) is 0 Å². The monoisotopic (exact) mass is 278 g/mol. The van der Waals surface area contributed by atoms with Crippen molar-refractivity contribution in [3.63, 3.8) is 0 Å². The van der Waals surface area contributed by atoms with Gasteiger partial charge in [0.15, 0.2) is 0 Å². The van der Waals surface area contributed by atoms with Gasteiger partial charge in [-0.2, -0.15) is 5.26 Å². The van der Waals surface area contributed by atoms with Crippen molar-refractivity contribution in [3.8, 4) is 6.07 Å². The Morgan fingerprint density at radius 2 is 2.05 bits per heavy atom. The number of nitriles is 1. The van der Waals surface area contributed by atoms with Crippen molar-refractivity contribution in [3.05, 3.63) is 35.9 Å². The van der Waals surface area contributed by atoms with Crippen LogP contribution in [0.4, 0.5) is 0 Å². The molecule has 0 aliphatic carbocycles. The van der Waals surface area contributed by atoms with Gasteiger partial charge in [-0.3, -0.25) is 9.00 Å². The van der Waals surface area contributed by atoms with Gasteiger partial charge in [0.2, 0.25) is 5.91 Å². The molecule has 0 aliphatic heterocycles. The van der Waals surface area contributed by atoms with E-state index in [0.717, 1.165) is 0 Å². The van der Waals surface area contributed by atoms with Gasteiger partial charge in [0.1, 0.15) is 5.92 Å². The van der Waals surface area contributed by atoms with Crippen LogP contribution in [0.25, 0.3) is 0 Å². The number of nitrogens with one attached hydrogen (secondary N) is 1. The molecule has 0 radical (unpaired) electrons. The largest absolute Gasteiger partial charge is 0.352 e. The Morgan fingerprint density at radius 3 is 2.58 bits per heavy atom. The SMILES string of the molecule is CC(CCS(C)=O)NC(=O)C(C#N)c1ccccc1. The zero-order chi connectivity index (χ0) is 14.3. The topological polar surface area (TPSA) is 70.0 Å². The molecule has 0 saturated carbocycles. The second kappa shape index (κ2) is 7.70. The summed E-state index contributed by atoms with van der Waals surface area (Å²) in [6.45, 7) is 1.85. The first-order valence-electron chi connectivity index (χ1n) is 6.09. The van der Waals surface area contributed by atoms with Crippen LogP contribution in [0.5, 0.6) is 0 Å². The standard InChI is InChI=1S/C14H18N2O2S/c1-11(8-9-19(2)18)16-14(17)13(10-15)12-6-4-3-5-7-12/h3-7,11,13H,8-9H2,1-2H3,(H,16,17). The quantitative estimate of drug-likeness (QED) is 0.858. The molecule has 4 nitrogen and oxygen atoms in total. The molecule has 1 rings (SSSR count). The molecule has 0 saturated heterocycles. The normalized spacial score (nSPS) is 15.0. The number of hydrogen-bond donors (Lipinski definition) is 1. The van der Waals surface area contributed by atoms with E-state index in [4.69, 9.17) is 5.26 Å². The van der Waals surface area contributed by atoms with Crippen LogP contribution >= 0.6 is 0 Å². The number of carbonyl (C=O) groups excluding carboxylic acids is 1. The predicted octanol–water partition coefficient (Wildman–Crippen LogP) is 1.57. The van der Waals surface area contributed by atoms with E-state index >= 15 is 0 Å². The number of carbonyl (C=O) groups is 1. The van der Waals surface area contributed by atoms with Gasteiger partial charge in [-0.1, -0.05) is 30.3 Å². The fourth-order valence-electron chi connectivity index (χ4n) is 1.67. The highest BCUT2D eigenvalue weighted by Gasteiger charge is 2.21. The van der Waals surface area contributed by atoms with Crippen molar-refractivity contribution in [2.24, 2.45) is 0 Å². The van der Waals surface area contributed by atoms with Gasteiger partial charge in [0, 0.05) is 28.9 Å². The van der Waals surface area contributed by atoms with E-state index in [1.54, 1.807) is 30.5 Å². The summed E-state index contributed by atoms with van der Waals surface area (Å²) in [6, 6.07) is 10.9. The van der Waals surface area contributed by atoms with Gasteiger partial charge in [-0.05, 0) is 18.9 Å². The molecule has 1 aromatic carbocycles. The van der Waals surface area contributed by atoms with Crippen molar-refractivity contribution in [2.75, 3.05) is 12.0 Å². The van der Waals surface area contributed by atoms with Crippen molar-refractivity contribution >= 4 is 16.7 Å². The fourth-order valence-corrected chi connectivity index (χ4v) is 2.36. The molecular weight excluding hydrogens is 260 g/mol. The Morgan fingerprint density at radius 1 is 1.42 bits per heavy atom. The lowest BCUT2D eigenvalue weighted by molar-refractivity contribution is -0.122. The zero-order valence-electron chi connectivity index (χ0n) is 11.1. The maximum Gasteiger partial charge on any atom is 0.242 e. The highest BCUT2D eigenvalue weighted by atomic mass is 32.2. The van der Waals surface area contributed by atoms with Crippen LogP contribution in [0.15, 0.2) is 30.3 Å². The zero-order valence-corrected chi connectivity index (χ0v) is 11.9. The van der Waals surface area contributed by atoms with Crippen LogP contribution in [-0.2, 0) is 15.6 Å². The Balaban J connectivity index is 2.61. The highest BCUT2D eigenvalue weighted by molar-refractivity contribution is 7.84. The van der Waals surface area contributed by atoms with E-state index in [-0.39, 0.29) is 11.9 Å². The van der Waals surface area contributed by atoms with Crippen molar-refractivity contribution in [1.29, 1.82) is 5.26 Å². The lowest BCUT2D eigenvalue weighted by atomic mass is 9.99. The first-order chi connectivity index (χ1) is 9.04. The van der Waals surface area contributed by atoms with E-state index in [9.17, 15) is 9.00 Å². The molecule has 3 unspecified atom stereocenters. The van der Waals surface area contributed by atoms with Gasteiger partial charge in [-0.15, -0.1) is 0 Å². The number of hydrogen-bond acceptors (Lipinski definition) is 3. The average Bonchev–Trinajstić information content (AvgIpc) is 2.38. The molecule has 5 heteroatoms. The molecule has 1 aromatic rings. The van der Waals surface area contributed by atoms with E-state index in [2.05, 4.69) is 5.32 Å². The summed E-state index contributed by atoms with van der Waals surface area (Å²) in [4.78, 5) is 12.0. The summed E-state index contributed by atoms with van der Waals surface area (Å²) in [5.41, 5.74) is 0.689. The first kappa shape index (κ1) is 15.4. The van der Waals surface area contributed by atoms with E-state index in [1.165, 1.54) is 0 Å². The van der Waals surface area contributed by atoms with Crippen LogP contribution in [0.3, 0.4) is 0 Å². The number of nitrogens with zero attached hydrogens (tertiary/aromatic N) is 1. The molecular formula is C14H18N2O2S. The summed E-state index contributed by atoms with van der Waals surface area (Å²) in [5.74, 6) is -0.553. The molecule has 0 spiro atoms. The third-order valence-electron chi connectivity index (χ3n) is 2.75. The number of rotatable bonds is 6. The van der Waals surface area contributed by atoms with Crippen molar-refractivity contribution in [2.45, 2.75) is 25.3 Å². The van der Waals surface area contributed by atoms with Gasteiger partial charge in [-0.25, -0.2) is 0 Å². The summed E-state index contributed by atoms with van der Waals surface area (Å²) in [6.07, 6.45) is 2.28. The second-order valence-electron chi connectivity index (χ2n) is 4.45. The lowest BCUT2D eigenvalue weighted by Gasteiger charge is -2.16. The molecule has 3 atom stereocenters. The third-order valence-corrected chi connectivity index (χ3v) is 3.56. The summed E-state index contributed by atoms with van der Waals surface area (Å²) in [7, 11) is -0.866.